The summed E-state index contributed by atoms with van der Waals surface area (Å²) in [5.41, 5.74) is 0. The molecule has 3 heteroatoms. The molecule has 1 N–H and O–H groups in total. The lowest BCUT2D eigenvalue weighted by atomic mass is 10.2. The molecule has 1 saturated carbocycles. The van der Waals surface area contributed by atoms with Crippen LogP contribution in [0.25, 0.3) is 0 Å². The molecule has 3 nitrogen and oxygen atoms in total. The summed E-state index contributed by atoms with van der Waals surface area (Å²) < 4.78 is 5.86. The monoisotopic (exact) mass is 250 g/mol. The Bertz CT molecular complexity index is 355. The van der Waals surface area contributed by atoms with Gasteiger partial charge in [-0.05, 0) is 51.3 Å². The van der Waals surface area contributed by atoms with Crippen LogP contribution in [0.3, 0.4) is 0 Å². The van der Waals surface area contributed by atoms with Gasteiger partial charge in [0, 0.05) is 12.6 Å². The van der Waals surface area contributed by atoms with Crippen molar-refractivity contribution in [1.29, 1.82) is 0 Å². The molecule has 0 aromatic carbocycles. The third-order valence-electron chi connectivity index (χ3n) is 3.55. The maximum absolute atomic E-state index is 5.86. The van der Waals surface area contributed by atoms with Crippen LogP contribution in [0.1, 0.15) is 45.1 Å². The number of nitrogens with one attached hydrogen (secondary N) is 1. The highest BCUT2D eigenvalue weighted by atomic mass is 16.3. The Hall–Kier alpha value is -0.800. The molecule has 1 aromatic heterocycles. The number of furan rings is 1. The lowest BCUT2D eigenvalue weighted by Gasteiger charge is -2.25. The van der Waals surface area contributed by atoms with Crippen LogP contribution in [-0.2, 0) is 13.1 Å². The molecule has 1 heterocycles. The van der Waals surface area contributed by atoms with E-state index in [0.717, 1.165) is 37.1 Å². The minimum absolute atomic E-state index is 0.591. The van der Waals surface area contributed by atoms with Crippen LogP contribution in [0.15, 0.2) is 16.5 Å². The van der Waals surface area contributed by atoms with Crippen molar-refractivity contribution in [2.75, 3.05) is 13.1 Å². The quantitative estimate of drug-likeness (QED) is 0.769. The van der Waals surface area contributed by atoms with Crippen LogP contribution in [0.5, 0.6) is 0 Å². The van der Waals surface area contributed by atoms with Crippen LogP contribution >= 0.6 is 0 Å². The van der Waals surface area contributed by atoms with Crippen LogP contribution in [0, 0.1) is 5.92 Å². The van der Waals surface area contributed by atoms with Crippen molar-refractivity contribution in [2.24, 2.45) is 5.92 Å². The van der Waals surface area contributed by atoms with Gasteiger partial charge in [0.15, 0.2) is 0 Å². The Morgan fingerprint density at radius 3 is 2.67 bits per heavy atom. The van der Waals surface area contributed by atoms with E-state index in [9.17, 15) is 0 Å². The number of hydrogen-bond donors (Lipinski definition) is 1. The van der Waals surface area contributed by atoms with E-state index in [1.807, 2.05) is 0 Å². The zero-order valence-electron chi connectivity index (χ0n) is 11.9. The highest BCUT2D eigenvalue weighted by Gasteiger charge is 2.25. The van der Waals surface area contributed by atoms with E-state index < -0.39 is 0 Å². The van der Waals surface area contributed by atoms with Gasteiger partial charge >= 0.3 is 0 Å². The second kappa shape index (κ2) is 6.39. The molecule has 0 aliphatic heterocycles. The van der Waals surface area contributed by atoms with Crippen LogP contribution in [-0.4, -0.2) is 24.0 Å². The van der Waals surface area contributed by atoms with Crippen LogP contribution in [0.4, 0.5) is 0 Å². The Kier molecular flexibility index (Phi) is 4.84. The first-order valence-corrected chi connectivity index (χ1v) is 7.21. The molecule has 0 spiro atoms. The molecule has 0 unspecified atom stereocenters. The number of hydrogen-bond acceptors (Lipinski definition) is 3. The normalized spacial score (nSPS) is 15.8. The molecule has 102 valence electrons. The van der Waals surface area contributed by atoms with Gasteiger partial charge in [-0.25, -0.2) is 0 Å². The maximum atomic E-state index is 5.86. The maximum Gasteiger partial charge on any atom is 0.118 e. The summed E-state index contributed by atoms with van der Waals surface area (Å²) in [7, 11) is 0. The predicted molar refractivity (Wildman–Crippen MR) is 74.4 cm³/mol. The molecule has 1 aromatic rings. The molecule has 1 fully saturated rings. The SMILES string of the molecule is CCNCc1ccc(CN(CC2CC2)C(C)C)o1. The van der Waals surface area contributed by atoms with Gasteiger partial charge in [0.25, 0.3) is 0 Å². The topological polar surface area (TPSA) is 28.4 Å². The molecule has 1 aliphatic rings. The first-order chi connectivity index (χ1) is 8.69. The van der Waals surface area contributed by atoms with Crippen molar-refractivity contribution in [2.45, 2.75) is 52.7 Å². The average Bonchev–Trinajstić information content (AvgIpc) is 3.04. The summed E-state index contributed by atoms with van der Waals surface area (Å²) in [5.74, 6) is 3.07. The average molecular weight is 250 g/mol. The molecule has 0 atom stereocenters. The minimum Gasteiger partial charge on any atom is -0.463 e. The third-order valence-corrected chi connectivity index (χ3v) is 3.55. The van der Waals surface area contributed by atoms with Gasteiger partial charge in [0.1, 0.15) is 11.5 Å². The Labute approximate surface area is 111 Å². The van der Waals surface area contributed by atoms with Crippen LogP contribution in [0.2, 0.25) is 0 Å². The fourth-order valence-electron chi connectivity index (χ4n) is 2.14. The smallest absolute Gasteiger partial charge is 0.118 e. The fraction of sp³-hybridized carbons (Fsp3) is 0.733. The minimum atomic E-state index is 0.591. The molecular formula is C15H26N2O. The molecule has 0 radical (unpaired) electrons. The van der Waals surface area contributed by atoms with Gasteiger partial charge in [-0.3, -0.25) is 4.90 Å². The van der Waals surface area contributed by atoms with Crippen molar-refractivity contribution < 1.29 is 4.42 Å². The lowest BCUT2D eigenvalue weighted by Crippen LogP contribution is -2.32. The lowest BCUT2D eigenvalue weighted by molar-refractivity contribution is 0.187. The largest absolute Gasteiger partial charge is 0.463 e. The van der Waals surface area contributed by atoms with Crippen molar-refractivity contribution in [3.8, 4) is 0 Å². The highest BCUT2D eigenvalue weighted by Crippen LogP contribution is 2.30. The molecule has 0 saturated heterocycles. The zero-order chi connectivity index (χ0) is 13.0. The fourth-order valence-corrected chi connectivity index (χ4v) is 2.14. The Morgan fingerprint density at radius 1 is 1.33 bits per heavy atom. The van der Waals surface area contributed by atoms with Gasteiger partial charge in [-0.2, -0.15) is 0 Å². The van der Waals surface area contributed by atoms with Gasteiger partial charge in [0.2, 0.25) is 0 Å². The van der Waals surface area contributed by atoms with E-state index in [-0.39, 0.29) is 0 Å². The second-order valence-corrected chi connectivity index (χ2v) is 5.61. The number of nitrogens with zero attached hydrogens (tertiary/aromatic N) is 1. The molecule has 18 heavy (non-hydrogen) atoms. The summed E-state index contributed by atoms with van der Waals surface area (Å²) in [6.45, 7) is 10.6. The van der Waals surface area contributed by atoms with E-state index in [2.05, 4.69) is 43.1 Å². The molecule has 0 bridgehead atoms. The summed E-state index contributed by atoms with van der Waals surface area (Å²) in [6, 6.07) is 4.80. The van der Waals surface area contributed by atoms with Crippen molar-refractivity contribution in [1.82, 2.24) is 10.2 Å². The summed E-state index contributed by atoms with van der Waals surface area (Å²) >= 11 is 0. The molecule has 1 aliphatic carbocycles. The Balaban J connectivity index is 1.86. The first kappa shape index (κ1) is 13.6. The van der Waals surface area contributed by atoms with Crippen molar-refractivity contribution >= 4 is 0 Å². The first-order valence-electron chi connectivity index (χ1n) is 7.21. The van der Waals surface area contributed by atoms with Crippen molar-refractivity contribution in [3.05, 3.63) is 23.7 Å². The van der Waals surface area contributed by atoms with E-state index in [4.69, 9.17) is 4.42 Å². The molecule has 2 rings (SSSR count). The highest BCUT2D eigenvalue weighted by molar-refractivity contribution is 5.07. The summed E-state index contributed by atoms with van der Waals surface area (Å²) in [4.78, 5) is 2.52. The van der Waals surface area contributed by atoms with Gasteiger partial charge in [-0.1, -0.05) is 6.92 Å². The molecule has 0 amide bonds. The summed E-state index contributed by atoms with van der Waals surface area (Å²) in [5, 5.41) is 3.29. The Morgan fingerprint density at radius 2 is 2.06 bits per heavy atom. The molecular weight excluding hydrogens is 224 g/mol. The number of rotatable bonds is 8. The van der Waals surface area contributed by atoms with E-state index >= 15 is 0 Å². The van der Waals surface area contributed by atoms with Gasteiger partial charge < -0.3 is 9.73 Å². The van der Waals surface area contributed by atoms with Gasteiger partial charge in [0.05, 0.1) is 13.1 Å². The van der Waals surface area contributed by atoms with Crippen LogP contribution < -0.4 is 5.32 Å². The van der Waals surface area contributed by atoms with E-state index in [0.29, 0.717) is 6.04 Å². The van der Waals surface area contributed by atoms with Gasteiger partial charge in [-0.15, -0.1) is 0 Å². The third kappa shape index (κ3) is 4.14. The van der Waals surface area contributed by atoms with Crippen molar-refractivity contribution in [3.63, 3.8) is 0 Å². The standard InChI is InChI=1S/C15H26N2O/c1-4-16-9-14-7-8-15(18-14)11-17(12(2)3)10-13-5-6-13/h7-8,12-13,16H,4-6,9-11H2,1-3H3. The predicted octanol–water partition coefficient (Wildman–Crippen LogP) is 3.01. The zero-order valence-corrected chi connectivity index (χ0v) is 11.9. The summed E-state index contributed by atoms with van der Waals surface area (Å²) in [6.07, 6.45) is 2.82. The van der Waals surface area contributed by atoms with E-state index in [1.165, 1.54) is 19.4 Å². The second-order valence-electron chi connectivity index (χ2n) is 5.61. The van der Waals surface area contributed by atoms with E-state index in [1.54, 1.807) is 0 Å².